The number of carbonyl (C=O) groups is 1. The number of piperazine rings is 1. The van der Waals surface area contributed by atoms with Crippen LogP contribution in [0.5, 0.6) is 0 Å². The number of hydrogen-bond acceptors (Lipinski definition) is 5. The number of rotatable bonds is 4. The van der Waals surface area contributed by atoms with Gasteiger partial charge < -0.3 is 15.5 Å². The highest BCUT2D eigenvalue weighted by Crippen LogP contribution is 2.35. The quantitative estimate of drug-likeness (QED) is 0.570. The van der Waals surface area contributed by atoms with Crippen molar-refractivity contribution in [3.63, 3.8) is 0 Å². The minimum Gasteiger partial charge on any atom is -0.364 e. The van der Waals surface area contributed by atoms with Gasteiger partial charge in [-0.05, 0) is 29.8 Å². The summed E-state index contributed by atoms with van der Waals surface area (Å²) in [6.45, 7) is 2.38. The highest BCUT2D eigenvalue weighted by atomic mass is 32.2. The summed E-state index contributed by atoms with van der Waals surface area (Å²) >= 11 is 0. The van der Waals surface area contributed by atoms with Crippen LogP contribution in [0.25, 0.3) is 11.1 Å². The summed E-state index contributed by atoms with van der Waals surface area (Å²) < 4.78 is 29.3. The topological polar surface area (TPSA) is 90.5 Å². The lowest BCUT2D eigenvalue weighted by molar-refractivity contribution is -0.116. The summed E-state index contributed by atoms with van der Waals surface area (Å²) in [5, 5.41) is 6.27. The number of carbonyl (C=O) groups excluding carboxylic acids is 1. The van der Waals surface area contributed by atoms with E-state index in [1.807, 2.05) is 42.5 Å². The molecule has 3 aromatic rings. The molecule has 3 aromatic carbocycles. The molecule has 0 bridgehead atoms. The third kappa shape index (κ3) is 3.94. The van der Waals surface area contributed by atoms with E-state index in [0.717, 1.165) is 30.9 Å². The SMILES string of the molecule is O=C1CC2CNCCN2c2ccc(NS(=O)(=O)c3ccccc3-c3ccccc3)cc2N1. The molecule has 1 atom stereocenters. The maximum absolute atomic E-state index is 13.3. The number of benzene rings is 3. The van der Waals surface area contributed by atoms with Crippen LogP contribution in [0.1, 0.15) is 6.42 Å². The largest absolute Gasteiger partial charge is 0.364 e. The van der Waals surface area contributed by atoms with Gasteiger partial charge in [0.2, 0.25) is 5.91 Å². The van der Waals surface area contributed by atoms with Gasteiger partial charge in [-0.2, -0.15) is 0 Å². The Bertz CT molecular complexity index is 1260. The molecule has 0 spiro atoms. The first-order valence-electron chi connectivity index (χ1n) is 10.6. The molecular formula is C24H24N4O3S. The van der Waals surface area contributed by atoms with Crippen molar-refractivity contribution in [2.75, 3.05) is 34.6 Å². The van der Waals surface area contributed by atoms with Crippen molar-refractivity contribution >= 4 is 33.0 Å². The van der Waals surface area contributed by atoms with Crippen molar-refractivity contribution < 1.29 is 13.2 Å². The van der Waals surface area contributed by atoms with Crippen LogP contribution in [0.3, 0.4) is 0 Å². The summed E-state index contributed by atoms with van der Waals surface area (Å²) in [6.07, 6.45) is 0.396. The number of fused-ring (bicyclic) bond motifs is 3. The molecule has 3 N–H and O–H groups in total. The minimum atomic E-state index is -3.85. The molecule has 0 aromatic heterocycles. The van der Waals surface area contributed by atoms with E-state index in [-0.39, 0.29) is 16.8 Å². The Morgan fingerprint density at radius 3 is 2.59 bits per heavy atom. The van der Waals surface area contributed by atoms with Gasteiger partial charge in [0.25, 0.3) is 10.0 Å². The lowest BCUT2D eigenvalue weighted by Gasteiger charge is -2.36. The van der Waals surface area contributed by atoms with E-state index < -0.39 is 10.0 Å². The Kier molecular flexibility index (Phi) is 5.32. The number of amides is 1. The van der Waals surface area contributed by atoms with Crippen LogP contribution < -0.4 is 20.3 Å². The normalized spacial score (nSPS) is 18.2. The first kappa shape index (κ1) is 20.5. The Hall–Kier alpha value is -3.36. The van der Waals surface area contributed by atoms with E-state index in [0.29, 0.717) is 23.4 Å². The molecule has 2 aliphatic heterocycles. The Labute approximate surface area is 187 Å². The number of sulfonamides is 1. The van der Waals surface area contributed by atoms with E-state index >= 15 is 0 Å². The first-order chi connectivity index (χ1) is 15.5. The maximum atomic E-state index is 13.3. The van der Waals surface area contributed by atoms with Crippen molar-refractivity contribution in [2.24, 2.45) is 0 Å². The van der Waals surface area contributed by atoms with Gasteiger partial charge in [-0.25, -0.2) is 8.42 Å². The van der Waals surface area contributed by atoms with Gasteiger partial charge in [-0.3, -0.25) is 9.52 Å². The highest BCUT2D eigenvalue weighted by Gasteiger charge is 2.30. The summed E-state index contributed by atoms with van der Waals surface area (Å²) in [4.78, 5) is 14.8. The average molecular weight is 449 g/mol. The summed E-state index contributed by atoms with van der Waals surface area (Å²) in [5.74, 6) is -0.0723. The van der Waals surface area contributed by atoms with E-state index in [9.17, 15) is 13.2 Å². The van der Waals surface area contributed by atoms with Crippen molar-refractivity contribution in [1.29, 1.82) is 0 Å². The molecule has 8 heteroatoms. The van der Waals surface area contributed by atoms with E-state index in [2.05, 4.69) is 20.3 Å². The Balaban J connectivity index is 1.49. The molecule has 164 valence electrons. The van der Waals surface area contributed by atoms with Crippen molar-refractivity contribution in [1.82, 2.24) is 5.32 Å². The molecule has 32 heavy (non-hydrogen) atoms. The molecule has 1 amide bonds. The summed E-state index contributed by atoms with van der Waals surface area (Å²) in [7, 11) is -3.85. The van der Waals surface area contributed by atoms with Crippen LogP contribution in [0, 0.1) is 0 Å². The van der Waals surface area contributed by atoms with Gasteiger partial charge in [-0.1, -0.05) is 48.5 Å². The fraction of sp³-hybridized carbons (Fsp3) is 0.208. The van der Waals surface area contributed by atoms with Crippen molar-refractivity contribution in [3.8, 4) is 11.1 Å². The summed E-state index contributed by atoms with van der Waals surface area (Å²) in [5.41, 5.74) is 3.39. The highest BCUT2D eigenvalue weighted by molar-refractivity contribution is 7.92. The molecule has 0 radical (unpaired) electrons. The molecule has 1 fully saturated rings. The second kappa shape index (κ2) is 8.29. The zero-order chi connectivity index (χ0) is 22.1. The minimum absolute atomic E-state index is 0.0723. The van der Waals surface area contributed by atoms with Crippen LogP contribution in [-0.4, -0.2) is 40.0 Å². The summed E-state index contributed by atoms with van der Waals surface area (Å²) in [6, 6.07) is 21.8. The molecule has 2 heterocycles. The number of anilines is 3. The molecule has 0 aliphatic carbocycles. The van der Waals surface area contributed by atoms with Gasteiger partial charge in [0.05, 0.1) is 28.0 Å². The number of nitrogens with one attached hydrogen (secondary N) is 3. The Morgan fingerprint density at radius 1 is 0.969 bits per heavy atom. The van der Waals surface area contributed by atoms with E-state index in [1.165, 1.54) is 0 Å². The zero-order valence-electron chi connectivity index (χ0n) is 17.4. The molecule has 1 saturated heterocycles. The molecule has 5 rings (SSSR count). The van der Waals surface area contributed by atoms with Crippen LogP contribution in [0.4, 0.5) is 17.1 Å². The lowest BCUT2D eigenvalue weighted by atomic mass is 10.1. The van der Waals surface area contributed by atoms with Crippen molar-refractivity contribution in [3.05, 3.63) is 72.8 Å². The molecule has 1 unspecified atom stereocenters. The maximum Gasteiger partial charge on any atom is 0.262 e. The van der Waals surface area contributed by atoms with Crippen LogP contribution in [0.2, 0.25) is 0 Å². The smallest absolute Gasteiger partial charge is 0.262 e. The average Bonchev–Trinajstić information content (AvgIpc) is 2.94. The van der Waals surface area contributed by atoms with E-state index in [1.54, 1.807) is 30.3 Å². The van der Waals surface area contributed by atoms with Gasteiger partial charge in [0, 0.05) is 31.6 Å². The predicted molar refractivity (Wildman–Crippen MR) is 126 cm³/mol. The van der Waals surface area contributed by atoms with Gasteiger partial charge >= 0.3 is 0 Å². The lowest BCUT2D eigenvalue weighted by Crippen LogP contribution is -2.51. The predicted octanol–water partition coefficient (Wildman–Crippen LogP) is 3.27. The first-order valence-corrected chi connectivity index (χ1v) is 12.1. The Morgan fingerprint density at radius 2 is 1.75 bits per heavy atom. The molecular weight excluding hydrogens is 424 g/mol. The third-order valence-electron chi connectivity index (χ3n) is 5.86. The van der Waals surface area contributed by atoms with Gasteiger partial charge in [0.15, 0.2) is 0 Å². The number of nitrogens with zero attached hydrogens (tertiary/aromatic N) is 1. The standard InChI is InChI=1S/C24H24N4O3S/c29-24-15-19-16-25-12-13-28(19)22-11-10-18(14-21(22)26-24)27-32(30,31)23-9-5-4-8-20(23)17-6-2-1-3-7-17/h1-11,14,19,25,27H,12-13,15-16H2,(H,26,29). The van der Waals surface area contributed by atoms with Gasteiger partial charge in [0.1, 0.15) is 0 Å². The van der Waals surface area contributed by atoms with Crippen LogP contribution in [0.15, 0.2) is 77.7 Å². The molecule has 7 nitrogen and oxygen atoms in total. The fourth-order valence-electron chi connectivity index (χ4n) is 4.39. The molecule has 2 aliphatic rings. The number of hydrogen-bond donors (Lipinski definition) is 3. The van der Waals surface area contributed by atoms with E-state index in [4.69, 9.17) is 0 Å². The van der Waals surface area contributed by atoms with Crippen LogP contribution >= 0.6 is 0 Å². The fourth-order valence-corrected chi connectivity index (χ4v) is 5.67. The van der Waals surface area contributed by atoms with Crippen LogP contribution in [-0.2, 0) is 14.8 Å². The molecule has 0 saturated carbocycles. The van der Waals surface area contributed by atoms with Gasteiger partial charge in [-0.15, -0.1) is 0 Å². The monoisotopic (exact) mass is 448 g/mol. The third-order valence-corrected chi connectivity index (χ3v) is 7.30. The zero-order valence-corrected chi connectivity index (χ0v) is 18.2. The van der Waals surface area contributed by atoms with Crippen molar-refractivity contribution in [2.45, 2.75) is 17.4 Å². The second-order valence-electron chi connectivity index (χ2n) is 8.00. The second-order valence-corrected chi connectivity index (χ2v) is 9.65.